The number of nitrogens with one attached hydrogen (secondary N) is 1. The summed E-state index contributed by atoms with van der Waals surface area (Å²) >= 11 is 0. The molecule has 2 rings (SSSR count). The molecule has 0 spiro atoms. The molecule has 2 nitrogen and oxygen atoms in total. The van der Waals surface area contributed by atoms with Crippen LogP contribution in [0, 0.1) is 17.3 Å². The normalized spacial score (nSPS) is 40.5. The van der Waals surface area contributed by atoms with Crippen molar-refractivity contribution in [3.8, 4) is 0 Å². The second kappa shape index (κ2) is 3.49. The molecule has 14 heavy (non-hydrogen) atoms. The van der Waals surface area contributed by atoms with Gasteiger partial charge in [0.15, 0.2) is 0 Å². The molecule has 0 saturated carbocycles. The fourth-order valence-electron chi connectivity index (χ4n) is 2.94. The van der Waals surface area contributed by atoms with Gasteiger partial charge in [-0.15, -0.1) is 0 Å². The molecule has 0 aromatic carbocycles. The van der Waals surface area contributed by atoms with Crippen LogP contribution in [0.2, 0.25) is 0 Å². The Morgan fingerprint density at radius 2 is 2.07 bits per heavy atom. The Morgan fingerprint density at radius 3 is 2.64 bits per heavy atom. The summed E-state index contributed by atoms with van der Waals surface area (Å²) in [5.74, 6) is 1.68. The van der Waals surface area contributed by atoms with Crippen LogP contribution in [0.4, 0.5) is 0 Å². The highest BCUT2D eigenvalue weighted by atomic mass is 15.2. The Hall–Kier alpha value is -0.0800. The van der Waals surface area contributed by atoms with E-state index in [2.05, 4.69) is 37.9 Å². The van der Waals surface area contributed by atoms with Crippen molar-refractivity contribution in [1.29, 1.82) is 0 Å². The van der Waals surface area contributed by atoms with Gasteiger partial charge in [0.1, 0.15) is 0 Å². The van der Waals surface area contributed by atoms with Crippen molar-refractivity contribution < 1.29 is 0 Å². The number of hydrogen-bond acceptors (Lipinski definition) is 2. The van der Waals surface area contributed by atoms with Gasteiger partial charge in [0.2, 0.25) is 0 Å². The highest BCUT2D eigenvalue weighted by molar-refractivity contribution is 5.01. The third kappa shape index (κ3) is 1.59. The summed E-state index contributed by atoms with van der Waals surface area (Å²) in [5, 5.41) is 3.53. The summed E-state index contributed by atoms with van der Waals surface area (Å²) in [7, 11) is 0. The van der Waals surface area contributed by atoms with Gasteiger partial charge in [0, 0.05) is 25.7 Å². The van der Waals surface area contributed by atoms with E-state index in [1.165, 1.54) is 26.2 Å². The van der Waals surface area contributed by atoms with E-state index in [0.717, 1.165) is 17.9 Å². The lowest BCUT2D eigenvalue weighted by atomic mass is 9.83. The van der Waals surface area contributed by atoms with Crippen LogP contribution in [-0.2, 0) is 0 Å². The second-order valence-corrected chi connectivity index (χ2v) is 5.90. The van der Waals surface area contributed by atoms with Crippen molar-refractivity contribution in [2.75, 3.05) is 26.2 Å². The van der Waals surface area contributed by atoms with Crippen LogP contribution in [0.3, 0.4) is 0 Å². The molecule has 0 aromatic heterocycles. The Morgan fingerprint density at radius 1 is 1.36 bits per heavy atom. The molecule has 3 atom stereocenters. The molecular weight excluding hydrogens is 172 g/mol. The lowest BCUT2D eigenvalue weighted by molar-refractivity contribution is 0.183. The summed E-state index contributed by atoms with van der Waals surface area (Å²) in [4.78, 5) is 2.69. The summed E-state index contributed by atoms with van der Waals surface area (Å²) in [6.45, 7) is 14.6. The van der Waals surface area contributed by atoms with Crippen LogP contribution in [0.5, 0.6) is 0 Å². The molecule has 0 unspecified atom stereocenters. The zero-order chi connectivity index (χ0) is 10.3. The highest BCUT2D eigenvalue weighted by Gasteiger charge is 2.47. The molecule has 2 aliphatic heterocycles. The number of hydrogen-bond donors (Lipinski definition) is 1. The predicted molar refractivity (Wildman–Crippen MR) is 60.3 cm³/mol. The predicted octanol–water partition coefficient (Wildman–Crippen LogP) is 1.57. The molecule has 1 N–H and O–H groups in total. The van der Waals surface area contributed by atoms with Crippen LogP contribution in [0.15, 0.2) is 0 Å². The average Bonchev–Trinajstić information content (AvgIpc) is 2.57. The van der Waals surface area contributed by atoms with E-state index in [1.54, 1.807) is 0 Å². The molecule has 82 valence electrons. The van der Waals surface area contributed by atoms with Gasteiger partial charge in [-0.3, -0.25) is 4.90 Å². The van der Waals surface area contributed by atoms with Gasteiger partial charge in [0.05, 0.1) is 0 Å². The smallest absolute Gasteiger partial charge is 0.00902 e. The fraction of sp³-hybridized carbons (Fsp3) is 1.00. The van der Waals surface area contributed by atoms with Crippen LogP contribution < -0.4 is 5.32 Å². The molecule has 0 amide bonds. The van der Waals surface area contributed by atoms with Crippen LogP contribution in [0.25, 0.3) is 0 Å². The number of rotatable bonds is 2. The topological polar surface area (TPSA) is 15.3 Å². The Kier molecular flexibility index (Phi) is 2.61. The van der Waals surface area contributed by atoms with E-state index in [1.807, 2.05) is 0 Å². The molecule has 0 bridgehead atoms. The maximum absolute atomic E-state index is 3.53. The Bertz CT molecular complexity index is 214. The van der Waals surface area contributed by atoms with E-state index < -0.39 is 0 Å². The first-order valence-corrected chi connectivity index (χ1v) is 5.98. The van der Waals surface area contributed by atoms with Crippen molar-refractivity contribution >= 4 is 0 Å². The standard InChI is InChI=1S/C12H24N2/c1-9(2)10(3)14-6-11-5-13-7-12(11,4)8-14/h9-11,13H,5-8H2,1-4H3/t10-,11-,12-/m0/s1. The van der Waals surface area contributed by atoms with E-state index in [-0.39, 0.29) is 0 Å². The molecule has 2 aliphatic rings. The van der Waals surface area contributed by atoms with Gasteiger partial charge in [0.25, 0.3) is 0 Å². The zero-order valence-corrected chi connectivity index (χ0v) is 10.0. The number of nitrogens with zero attached hydrogens (tertiary/aromatic N) is 1. The van der Waals surface area contributed by atoms with Crippen molar-refractivity contribution in [2.24, 2.45) is 17.3 Å². The molecule has 0 aromatic rings. The molecule has 0 aliphatic carbocycles. The summed E-state index contributed by atoms with van der Waals surface area (Å²) in [5.41, 5.74) is 0.559. The second-order valence-electron chi connectivity index (χ2n) is 5.90. The van der Waals surface area contributed by atoms with Gasteiger partial charge in [-0.05, 0) is 30.7 Å². The van der Waals surface area contributed by atoms with Crippen molar-refractivity contribution in [2.45, 2.75) is 33.7 Å². The molecular formula is C12H24N2. The minimum atomic E-state index is 0.559. The van der Waals surface area contributed by atoms with Gasteiger partial charge in [-0.2, -0.15) is 0 Å². The lowest BCUT2D eigenvalue weighted by Gasteiger charge is -2.29. The first-order valence-electron chi connectivity index (χ1n) is 5.98. The zero-order valence-electron chi connectivity index (χ0n) is 10.0. The van der Waals surface area contributed by atoms with E-state index >= 15 is 0 Å². The third-order valence-corrected chi connectivity index (χ3v) is 4.47. The summed E-state index contributed by atoms with van der Waals surface area (Å²) in [6.07, 6.45) is 0. The van der Waals surface area contributed by atoms with Gasteiger partial charge in [-0.1, -0.05) is 20.8 Å². The maximum atomic E-state index is 3.53. The van der Waals surface area contributed by atoms with Crippen molar-refractivity contribution in [3.63, 3.8) is 0 Å². The fourth-order valence-corrected chi connectivity index (χ4v) is 2.94. The monoisotopic (exact) mass is 196 g/mol. The number of fused-ring (bicyclic) bond motifs is 1. The van der Waals surface area contributed by atoms with E-state index in [0.29, 0.717) is 5.41 Å². The summed E-state index contributed by atoms with van der Waals surface area (Å²) in [6, 6.07) is 0.748. The average molecular weight is 196 g/mol. The van der Waals surface area contributed by atoms with E-state index in [9.17, 15) is 0 Å². The third-order valence-electron chi connectivity index (χ3n) is 4.47. The molecule has 2 fully saturated rings. The Labute approximate surface area is 88.1 Å². The van der Waals surface area contributed by atoms with Crippen molar-refractivity contribution in [3.05, 3.63) is 0 Å². The molecule has 2 saturated heterocycles. The highest BCUT2D eigenvalue weighted by Crippen LogP contribution is 2.39. The molecule has 0 radical (unpaired) electrons. The SMILES string of the molecule is CC(C)[C@H](C)N1C[C@@H]2CNC[C@@]2(C)C1. The van der Waals surface area contributed by atoms with E-state index in [4.69, 9.17) is 0 Å². The first kappa shape index (κ1) is 10.4. The number of likely N-dealkylation sites (tertiary alicyclic amines) is 1. The maximum Gasteiger partial charge on any atom is 0.00902 e. The minimum absolute atomic E-state index is 0.559. The summed E-state index contributed by atoms with van der Waals surface area (Å²) < 4.78 is 0. The molecule has 2 heteroatoms. The first-order chi connectivity index (χ1) is 6.53. The quantitative estimate of drug-likeness (QED) is 0.721. The van der Waals surface area contributed by atoms with Gasteiger partial charge >= 0.3 is 0 Å². The van der Waals surface area contributed by atoms with Crippen LogP contribution in [-0.4, -0.2) is 37.1 Å². The van der Waals surface area contributed by atoms with Crippen LogP contribution >= 0.6 is 0 Å². The van der Waals surface area contributed by atoms with Gasteiger partial charge in [-0.25, -0.2) is 0 Å². The van der Waals surface area contributed by atoms with Crippen LogP contribution in [0.1, 0.15) is 27.7 Å². The Balaban J connectivity index is 2.01. The molecule has 2 heterocycles. The van der Waals surface area contributed by atoms with Gasteiger partial charge < -0.3 is 5.32 Å². The lowest BCUT2D eigenvalue weighted by Crippen LogP contribution is -2.38. The largest absolute Gasteiger partial charge is 0.316 e. The van der Waals surface area contributed by atoms with Crippen molar-refractivity contribution in [1.82, 2.24) is 10.2 Å². The minimum Gasteiger partial charge on any atom is -0.316 e.